The summed E-state index contributed by atoms with van der Waals surface area (Å²) in [7, 11) is 1.47. The van der Waals surface area contributed by atoms with Crippen molar-refractivity contribution in [2.24, 2.45) is 10.6 Å². The fourth-order valence-electron chi connectivity index (χ4n) is 0.747. The van der Waals surface area contributed by atoms with Gasteiger partial charge < -0.3 is 5.32 Å². The molecule has 4 nitrogen and oxygen atoms in total. The lowest BCUT2D eigenvalue weighted by atomic mass is 9.93. The lowest BCUT2D eigenvalue weighted by molar-refractivity contribution is 0.153. The summed E-state index contributed by atoms with van der Waals surface area (Å²) in [6.07, 6.45) is 5.23. The first-order valence-electron chi connectivity index (χ1n) is 4.47. The number of amides is 1. The Hall–Kier alpha value is -1.15. The Labute approximate surface area is 94.8 Å². The van der Waals surface area contributed by atoms with Gasteiger partial charge in [0.05, 0.1) is 0 Å². The van der Waals surface area contributed by atoms with Crippen LogP contribution in [0.3, 0.4) is 0 Å². The minimum absolute atomic E-state index is 0.0503. The van der Waals surface area contributed by atoms with Crippen LogP contribution < -0.4 is 5.32 Å². The molecule has 0 unspecified atom stereocenters. The van der Waals surface area contributed by atoms with Gasteiger partial charge in [0.2, 0.25) is 0 Å². The molecule has 0 aromatic heterocycles. The number of nitrogens with zero attached hydrogens (tertiary/aromatic N) is 1. The minimum Gasteiger partial charge on any atom is -0.323 e. The number of carbonyl (C=O) groups excluding carboxylic acids is 1. The van der Waals surface area contributed by atoms with Crippen molar-refractivity contribution in [3.05, 3.63) is 0 Å². The maximum atomic E-state index is 10.8. The van der Waals surface area contributed by atoms with Crippen LogP contribution in [0.5, 0.6) is 0 Å². The van der Waals surface area contributed by atoms with E-state index >= 15 is 0 Å². The van der Waals surface area contributed by atoms with Crippen LogP contribution >= 0.6 is 11.8 Å². The van der Waals surface area contributed by atoms with E-state index in [0.717, 1.165) is 11.8 Å². The molecule has 0 saturated carbocycles. The molecular formula is C10H16N2O2S. The number of carbonyl (C=O) groups is 1. The lowest BCUT2D eigenvalue weighted by Gasteiger charge is -2.17. The van der Waals surface area contributed by atoms with Crippen LogP contribution in [0, 0.1) is 17.1 Å². The van der Waals surface area contributed by atoms with E-state index in [2.05, 4.69) is 41.3 Å². The molecule has 0 spiro atoms. The molecule has 0 rings (SSSR count). The lowest BCUT2D eigenvalue weighted by Crippen LogP contribution is -2.18. The molecule has 0 atom stereocenters. The fourth-order valence-corrected chi connectivity index (χ4v) is 1.46. The van der Waals surface area contributed by atoms with Gasteiger partial charge in [-0.2, -0.15) is 0 Å². The van der Waals surface area contributed by atoms with Crippen LogP contribution in [0.1, 0.15) is 27.2 Å². The third kappa shape index (κ3) is 7.89. The van der Waals surface area contributed by atoms with Crippen LogP contribution in [0.25, 0.3) is 0 Å². The van der Waals surface area contributed by atoms with Gasteiger partial charge in [0.15, 0.2) is 0 Å². The monoisotopic (exact) mass is 228 g/mol. The van der Waals surface area contributed by atoms with Gasteiger partial charge >= 0.3 is 6.09 Å². The summed E-state index contributed by atoms with van der Waals surface area (Å²) in [5, 5.41) is 9.02. The number of rotatable bonds is 2. The molecule has 84 valence electrons. The third-order valence-corrected chi connectivity index (χ3v) is 1.87. The first-order valence-corrected chi connectivity index (χ1v) is 5.28. The van der Waals surface area contributed by atoms with E-state index in [-0.39, 0.29) is 5.41 Å². The average molecular weight is 228 g/mol. The molecule has 0 aliphatic heterocycles. The summed E-state index contributed by atoms with van der Waals surface area (Å²) >= 11 is 1.13. The summed E-state index contributed by atoms with van der Waals surface area (Å²) in [5.41, 5.74) is 0.0503. The number of nitrogens with one attached hydrogen (secondary N) is 1. The normalized spacial score (nSPS) is 11.8. The Balaban J connectivity index is 4.39. The van der Waals surface area contributed by atoms with Crippen molar-refractivity contribution in [2.75, 3.05) is 7.05 Å². The Morgan fingerprint density at radius 3 is 2.60 bits per heavy atom. The molecule has 0 heterocycles. The number of hydrogen-bond acceptors (Lipinski definition) is 4. The second-order valence-corrected chi connectivity index (χ2v) is 4.98. The highest BCUT2D eigenvalue weighted by atomic mass is 32.2. The van der Waals surface area contributed by atoms with Crippen molar-refractivity contribution in [2.45, 2.75) is 27.2 Å². The predicted molar refractivity (Wildman–Crippen MR) is 63.5 cm³/mol. The maximum Gasteiger partial charge on any atom is 0.433 e. The fraction of sp³-hybridized carbons (Fsp3) is 0.600. The average Bonchev–Trinajstić information content (AvgIpc) is 2.11. The van der Waals surface area contributed by atoms with Gasteiger partial charge in [-0.25, -0.2) is 4.79 Å². The summed E-state index contributed by atoms with van der Waals surface area (Å²) in [4.78, 5) is 15.4. The van der Waals surface area contributed by atoms with E-state index in [1.165, 1.54) is 7.05 Å². The topological polar surface area (TPSA) is 50.7 Å². The first kappa shape index (κ1) is 13.8. The molecule has 5 heteroatoms. The molecule has 0 aliphatic rings. The van der Waals surface area contributed by atoms with Crippen LogP contribution in [-0.4, -0.2) is 18.2 Å². The zero-order chi connectivity index (χ0) is 11.9. The molecule has 15 heavy (non-hydrogen) atoms. The maximum absolute atomic E-state index is 10.8. The van der Waals surface area contributed by atoms with Crippen molar-refractivity contribution in [3.8, 4) is 11.7 Å². The number of thioether (sulfide) groups is 1. The third-order valence-electron chi connectivity index (χ3n) is 1.29. The smallest absolute Gasteiger partial charge is 0.323 e. The SMILES string of the molecule is C#CSC(CC(C)(C)C)=NOC(=O)NC. The molecule has 0 aromatic rings. The Kier molecular flexibility index (Phi) is 5.87. The van der Waals surface area contributed by atoms with Crippen molar-refractivity contribution in [1.29, 1.82) is 0 Å². The van der Waals surface area contributed by atoms with E-state index in [0.29, 0.717) is 11.5 Å². The molecule has 1 N–H and O–H groups in total. The Bertz CT molecular complexity index is 287. The quantitative estimate of drug-likeness (QED) is 0.259. The van der Waals surface area contributed by atoms with Crippen LogP contribution in [-0.2, 0) is 4.84 Å². The van der Waals surface area contributed by atoms with Gasteiger partial charge in [-0.3, -0.25) is 4.84 Å². The number of hydrogen-bond donors (Lipinski definition) is 1. The summed E-state index contributed by atoms with van der Waals surface area (Å²) in [6, 6.07) is 0. The van der Waals surface area contributed by atoms with Gasteiger partial charge in [-0.15, -0.1) is 6.42 Å². The molecule has 0 saturated heterocycles. The van der Waals surface area contributed by atoms with Gasteiger partial charge in [-0.1, -0.05) is 25.9 Å². The van der Waals surface area contributed by atoms with Crippen LogP contribution in [0.4, 0.5) is 4.79 Å². The van der Waals surface area contributed by atoms with Crippen LogP contribution in [0.15, 0.2) is 5.16 Å². The van der Waals surface area contributed by atoms with Gasteiger partial charge in [0, 0.05) is 13.5 Å². The number of oxime groups is 1. The van der Waals surface area contributed by atoms with Gasteiger partial charge in [-0.05, 0) is 22.4 Å². The Morgan fingerprint density at radius 1 is 1.60 bits per heavy atom. The highest BCUT2D eigenvalue weighted by molar-refractivity contribution is 8.17. The highest BCUT2D eigenvalue weighted by Crippen LogP contribution is 2.23. The first-order chi connectivity index (χ1) is 6.89. The second kappa shape index (κ2) is 6.36. The molecule has 0 fully saturated rings. The second-order valence-electron chi connectivity index (χ2n) is 4.07. The molecule has 0 aromatic carbocycles. The summed E-state index contributed by atoms with van der Waals surface area (Å²) in [6.45, 7) is 6.17. The molecule has 0 bridgehead atoms. The molecule has 1 amide bonds. The zero-order valence-electron chi connectivity index (χ0n) is 9.46. The van der Waals surface area contributed by atoms with Crippen LogP contribution in [0.2, 0.25) is 0 Å². The zero-order valence-corrected chi connectivity index (χ0v) is 10.3. The Morgan fingerprint density at radius 2 is 2.20 bits per heavy atom. The van der Waals surface area contributed by atoms with E-state index in [4.69, 9.17) is 6.42 Å². The van der Waals surface area contributed by atoms with Gasteiger partial charge in [0.1, 0.15) is 5.04 Å². The van der Waals surface area contributed by atoms with Crippen molar-refractivity contribution in [1.82, 2.24) is 5.32 Å². The van der Waals surface area contributed by atoms with E-state index in [1.807, 2.05) is 0 Å². The molecule has 0 radical (unpaired) electrons. The standard InChI is InChI=1S/C10H16N2O2S/c1-6-15-8(7-10(2,3)4)12-14-9(13)11-5/h1H,7H2,2-5H3,(H,11,13). The largest absolute Gasteiger partial charge is 0.433 e. The highest BCUT2D eigenvalue weighted by Gasteiger charge is 2.15. The summed E-state index contributed by atoms with van der Waals surface area (Å²) in [5.74, 6) is 0. The summed E-state index contributed by atoms with van der Waals surface area (Å²) < 4.78 is 0. The van der Waals surface area contributed by atoms with E-state index < -0.39 is 6.09 Å². The molecular weight excluding hydrogens is 212 g/mol. The van der Waals surface area contributed by atoms with Crippen molar-refractivity contribution >= 4 is 22.9 Å². The van der Waals surface area contributed by atoms with Crippen molar-refractivity contribution in [3.63, 3.8) is 0 Å². The minimum atomic E-state index is -0.598. The predicted octanol–water partition coefficient (Wildman–Crippen LogP) is 2.42. The van der Waals surface area contributed by atoms with E-state index in [9.17, 15) is 4.79 Å². The van der Waals surface area contributed by atoms with Gasteiger partial charge in [0.25, 0.3) is 0 Å². The van der Waals surface area contributed by atoms with E-state index in [1.54, 1.807) is 0 Å². The molecule has 0 aliphatic carbocycles. The number of terminal acetylenes is 1. The van der Waals surface area contributed by atoms with Crippen molar-refractivity contribution < 1.29 is 9.63 Å².